The molecule has 0 N–H and O–H groups in total. The highest BCUT2D eigenvalue weighted by atomic mass is 16.5. The fraction of sp³-hybridized carbons (Fsp3) is 0.368. The molecule has 1 heteroatoms. The van der Waals surface area contributed by atoms with E-state index >= 15 is 0 Å². The molecule has 1 nitrogen and oxygen atoms in total. The Hall–Kier alpha value is -1.76. The van der Waals surface area contributed by atoms with E-state index in [2.05, 4.69) is 57.2 Å². The minimum Gasteiger partial charge on any atom is -0.494 e. The summed E-state index contributed by atoms with van der Waals surface area (Å²) < 4.78 is 5.56. The molecule has 2 rings (SSSR count). The second-order valence-electron chi connectivity index (χ2n) is 5.78. The zero-order valence-corrected chi connectivity index (χ0v) is 12.9. The summed E-state index contributed by atoms with van der Waals surface area (Å²) in [6.45, 7) is 9.52. The quantitative estimate of drug-likeness (QED) is 0.701. The van der Waals surface area contributed by atoms with Crippen molar-refractivity contribution in [2.24, 2.45) is 0 Å². The third-order valence-electron chi connectivity index (χ3n) is 4.03. The van der Waals surface area contributed by atoms with Crippen molar-refractivity contribution in [1.82, 2.24) is 0 Å². The third kappa shape index (κ3) is 3.22. The number of rotatable bonds is 5. The van der Waals surface area contributed by atoms with E-state index in [9.17, 15) is 0 Å². The zero-order chi connectivity index (χ0) is 14.6. The molecule has 0 saturated carbocycles. The molecule has 0 unspecified atom stereocenters. The van der Waals surface area contributed by atoms with E-state index < -0.39 is 0 Å². The Bertz CT molecular complexity index is 552. The molecule has 0 aliphatic heterocycles. The minimum atomic E-state index is 0.242. The predicted molar refractivity (Wildman–Crippen MR) is 86.4 cm³/mol. The van der Waals surface area contributed by atoms with E-state index in [0.717, 1.165) is 12.2 Å². The Labute approximate surface area is 122 Å². The first kappa shape index (κ1) is 14.6. The van der Waals surface area contributed by atoms with E-state index in [1.165, 1.54) is 16.7 Å². The van der Waals surface area contributed by atoms with E-state index in [-0.39, 0.29) is 5.41 Å². The molecule has 0 bridgehead atoms. The van der Waals surface area contributed by atoms with E-state index in [1.54, 1.807) is 0 Å². The van der Waals surface area contributed by atoms with Gasteiger partial charge in [0, 0.05) is 0 Å². The number of ether oxygens (including phenoxy) is 1. The van der Waals surface area contributed by atoms with Crippen LogP contribution in [0.1, 0.15) is 39.7 Å². The highest BCUT2D eigenvalue weighted by Gasteiger charge is 2.17. The molecule has 0 aliphatic carbocycles. The Balaban J connectivity index is 2.28. The minimum absolute atomic E-state index is 0.242. The normalized spacial score (nSPS) is 11.4. The van der Waals surface area contributed by atoms with Crippen molar-refractivity contribution in [1.29, 1.82) is 0 Å². The van der Waals surface area contributed by atoms with Gasteiger partial charge in [0.2, 0.25) is 0 Å². The average Bonchev–Trinajstić information content (AvgIpc) is 2.48. The van der Waals surface area contributed by atoms with Crippen LogP contribution in [0.4, 0.5) is 0 Å². The van der Waals surface area contributed by atoms with Crippen molar-refractivity contribution in [2.45, 2.75) is 39.5 Å². The Morgan fingerprint density at radius 1 is 0.900 bits per heavy atom. The van der Waals surface area contributed by atoms with Crippen LogP contribution in [0.5, 0.6) is 5.75 Å². The van der Waals surface area contributed by atoms with Crippen molar-refractivity contribution in [3.8, 4) is 16.9 Å². The van der Waals surface area contributed by atoms with Crippen LogP contribution in [0, 0.1) is 0 Å². The van der Waals surface area contributed by atoms with Gasteiger partial charge >= 0.3 is 0 Å². The van der Waals surface area contributed by atoms with Crippen LogP contribution < -0.4 is 4.74 Å². The van der Waals surface area contributed by atoms with Crippen molar-refractivity contribution in [3.05, 3.63) is 54.1 Å². The first-order valence-corrected chi connectivity index (χ1v) is 7.40. The maximum Gasteiger partial charge on any atom is 0.119 e. The molecular weight excluding hydrogens is 244 g/mol. The molecule has 2 aromatic carbocycles. The van der Waals surface area contributed by atoms with Gasteiger partial charge in [0.25, 0.3) is 0 Å². The topological polar surface area (TPSA) is 9.23 Å². The van der Waals surface area contributed by atoms with Gasteiger partial charge in [-0.3, -0.25) is 0 Å². The van der Waals surface area contributed by atoms with Crippen LogP contribution in [0.15, 0.2) is 48.5 Å². The summed E-state index contributed by atoms with van der Waals surface area (Å²) in [4.78, 5) is 0. The largest absolute Gasteiger partial charge is 0.494 e. The van der Waals surface area contributed by atoms with Crippen molar-refractivity contribution >= 4 is 0 Å². The van der Waals surface area contributed by atoms with Crippen LogP contribution in [0.2, 0.25) is 0 Å². The lowest BCUT2D eigenvalue weighted by atomic mass is 9.82. The van der Waals surface area contributed by atoms with E-state index in [0.29, 0.717) is 6.61 Å². The standard InChI is InChI=1S/C19H24O/c1-5-19(3,4)17-12-10-15(11-13-17)16-8-7-9-18(14-16)20-6-2/h7-14H,5-6H2,1-4H3. The maximum atomic E-state index is 5.56. The highest BCUT2D eigenvalue weighted by molar-refractivity contribution is 5.65. The summed E-state index contributed by atoms with van der Waals surface area (Å²) in [5.74, 6) is 0.933. The van der Waals surface area contributed by atoms with Crippen LogP contribution in [0.25, 0.3) is 11.1 Å². The fourth-order valence-electron chi connectivity index (χ4n) is 2.25. The summed E-state index contributed by atoms with van der Waals surface area (Å²) >= 11 is 0. The fourth-order valence-corrected chi connectivity index (χ4v) is 2.25. The average molecular weight is 268 g/mol. The molecule has 0 saturated heterocycles. The lowest BCUT2D eigenvalue weighted by Crippen LogP contribution is -2.14. The van der Waals surface area contributed by atoms with Gasteiger partial charge in [0.05, 0.1) is 6.61 Å². The number of benzene rings is 2. The SMILES string of the molecule is CCOc1cccc(-c2ccc(C(C)(C)CC)cc2)c1. The third-order valence-corrected chi connectivity index (χ3v) is 4.03. The molecule has 0 heterocycles. The van der Waals surface area contributed by atoms with Crippen LogP contribution in [0.3, 0.4) is 0 Å². The molecule has 0 fully saturated rings. The molecule has 0 aliphatic rings. The summed E-state index contributed by atoms with van der Waals surface area (Å²) in [6, 6.07) is 17.2. The molecule has 106 valence electrons. The predicted octanol–water partition coefficient (Wildman–Crippen LogP) is 5.44. The molecule has 0 aromatic heterocycles. The lowest BCUT2D eigenvalue weighted by Gasteiger charge is -2.23. The van der Waals surface area contributed by atoms with Gasteiger partial charge in [0.1, 0.15) is 5.75 Å². The van der Waals surface area contributed by atoms with Crippen LogP contribution >= 0.6 is 0 Å². The summed E-state index contributed by atoms with van der Waals surface area (Å²) in [5.41, 5.74) is 4.08. The number of hydrogen-bond acceptors (Lipinski definition) is 1. The van der Waals surface area contributed by atoms with Gasteiger partial charge in [-0.25, -0.2) is 0 Å². The second-order valence-corrected chi connectivity index (χ2v) is 5.78. The highest BCUT2D eigenvalue weighted by Crippen LogP contribution is 2.30. The smallest absolute Gasteiger partial charge is 0.119 e. The first-order chi connectivity index (χ1) is 9.56. The van der Waals surface area contributed by atoms with Crippen LogP contribution in [-0.2, 0) is 5.41 Å². The summed E-state index contributed by atoms with van der Waals surface area (Å²) in [5, 5.41) is 0. The van der Waals surface area contributed by atoms with Crippen molar-refractivity contribution in [3.63, 3.8) is 0 Å². The Kier molecular flexibility index (Phi) is 4.49. The van der Waals surface area contributed by atoms with Gasteiger partial charge in [-0.15, -0.1) is 0 Å². The monoisotopic (exact) mass is 268 g/mol. The van der Waals surface area contributed by atoms with Crippen molar-refractivity contribution in [2.75, 3.05) is 6.61 Å². The van der Waals surface area contributed by atoms with E-state index in [4.69, 9.17) is 4.74 Å². The van der Waals surface area contributed by atoms with Gasteiger partial charge in [-0.2, -0.15) is 0 Å². The lowest BCUT2D eigenvalue weighted by molar-refractivity contribution is 0.340. The molecule has 0 spiro atoms. The molecule has 20 heavy (non-hydrogen) atoms. The Morgan fingerprint density at radius 3 is 2.20 bits per heavy atom. The summed E-state index contributed by atoms with van der Waals surface area (Å²) in [7, 11) is 0. The maximum absolute atomic E-state index is 5.56. The second kappa shape index (κ2) is 6.13. The van der Waals surface area contributed by atoms with Gasteiger partial charge in [-0.05, 0) is 47.6 Å². The van der Waals surface area contributed by atoms with Gasteiger partial charge in [-0.1, -0.05) is 57.2 Å². The Morgan fingerprint density at radius 2 is 1.60 bits per heavy atom. The number of hydrogen-bond donors (Lipinski definition) is 0. The first-order valence-electron chi connectivity index (χ1n) is 7.40. The van der Waals surface area contributed by atoms with Gasteiger partial charge < -0.3 is 4.74 Å². The van der Waals surface area contributed by atoms with E-state index in [1.807, 2.05) is 19.1 Å². The zero-order valence-electron chi connectivity index (χ0n) is 12.9. The molecule has 0 amide bonds. The molecular formula is C19H24O. The molecule has 0 radical (unpaired) electrons. The van der Waals surface area contributed by atoms with Gasteiger partial charge in [0.15, 0.2) is 0 Å². The molecule has 0 atom stereocenters. The molecule has 2 aromatic rings. The van der Waals surface area contributed by atoms with Crippen molar-refractivity contribution < 1.29 is 4.74 Å². The van der Waals surface area contributed by atoms with Crippen LogP contribution in [-0.4, -0.2) is 6.61 Å². The summed E-state index contributed by atoms with van der Waals surface area (Å²) in [6.07, 6.45) is 1.15.